The van der Waals surface area contributed by atoms with Gasteiger partial charge in [0.05, 0.1) is 0 Å². The second kappa shape index (κ2) is 3.46. The lowest BCUT2D eigenvalue weighted by atomic mass is 9.82. The van der Waals surface area contributed by atoms with Crippen LogP contribution >= 0.6 is 0 Å². The van der Waals surface area contributed by atoms with Crippen LogP contribution < -0.4 is 5.73 Å². The number of nitrogens with zero attached hydrogens (tertiary/aromatic N) is 3. The summed E-state index contributed by atoms with van der Waals surface area (Å²) in [6.45, 7) is 0.861. The summed E-state index contributed by atoms with van der Waals surface area (Å²) in [7, 11) is 0. The Morgan fingerprint density at radius 2 is 1.77 bits per heavy atom. The molecule has 0 amide bonds. The van der Waals surface area contributed by atoms with Crippen molar-refractivity contribution in [1.29, 1.82) is 0 Å². The summed E-state index contributed by atoms with van der Waals surface area (Å²) >= 11 is 0. The molecule has 4 heteroatoms. The van der Waals surface area contributed by atoms with E-state index in [0.717, 1.165) is 19.4 Å². The quantitative estimate of drug-likeness (QED) is 0.737. The number of hydrogen-bond acceptors (Lipinski definition) is 3. The van der Waals surface area contributed by atoms with Gasteiger partial charge in [0.1, 0.15) is 12.7 Å². The van der Waals surface area contributed by atoms with Crippen LogP contribution in [0.15, 0.2) is 12.7 Å². The van der Waals surface area contributed by atoms with Gasteiger partial charge in [0, 0.05) is 12.1 Å². The van der Waals surface area contributed by atoms with Gasteiger partial charge in [-0.25, -0.2) is 0 Å². The van der Waals surface area contributed by atoms with Gasteiger partial charge >= 0.3 is 0 Å². The summed E-state index contributed by atoms with van der Waals surface area (Å²) in [6, 6.07) is 0. The molecular formula is C9H16N4. The van der Waals surface area contributed by atoms with E-state index in [1.54, 1.807) is 12.7 Å². The van der Waals surface area contributed by atoms with E-state index in [9.17, 15) is 0 Å². The lowest BCUT2D eigenvalue weighted by Crippen LogP contribution is -2.45. The third kappa shape index (κ3) is 2.06. The lowest BCUT2D eigenvalue weighted by molar-refractivity contribution is 0.260. The smallest absolute Gasteiger partial charge is 0.119 e. The molecule has 2 N–H and O–H groups in total. The molecule has 0 spiro atoms. The Morgan fingerprint density at radius 3 is 2.38 bits per heavy atom. The fourth-order valence-electron chi connectivity index (χ4n) is 2.08. The van der Waals surface area contributed by atoms with E-state index in [1.165, 1.54) is 19.3 Å². The minimum absolute atomic E-state index is 0.0133. The highest BCUT2D eigenvalue weighted by Gasteiger charge is 2.27. The topological polar surface area (TPSA) is 56.7 Å². The van der Waals surface area contributed by atoms with E-state index in [4.69, 9.17) is 5.73 Å². The Hall–Kier alpha value is -0.900. The summed E-state index contributed by atoms with van der Waals surface area (Å²) in [5.41, 5.74) is 6.26. The Bertz CT molecular complexity index is 249. The Balaban J connectivity index is 1.99. The first-order valence-electron chi connectivity index (χ1n) is 4.90. The van der Waals surface area contributed by atoms with Gasteiger partial charge in [0.15, 0.2) is 0 Å². The fraction of sp³-hybridized carbons (Fsp3) is 0.778. The van der Waals surface area contributed by atoms with Crippen LogP contribution in [0.3, 0.4) is 0 Å². The zero-order chi connectivity index (χ0) is 9.15. The average Bonchev–Trinajstić information content (AvgIpc) is 2.57. The molecule has 1 aliphatic carbocycles. The maximum Gasteiger partial charge on any atom is 0.119 e. The second-order valence-electron chi connectivity index (χ2n) is 4.06. The molecule has 0 aromatic carbocycles. The van der Waals surface area contributed by atoms with E-state index >= 15 is 0 Å². The number of nitrogens with two attached hydrogens (primary N) is 1. The fourth-order valence-corrected chi connectivity index (χ4v) is 2.08. The van der Waals surface area contributed by atoms with Gasteiger partial charge in [-0.3, -0.25) is 0 Å². The van der Waals surface area contributed by atoms with Gasteiger partial charge in [-0.05, 0) is 12.8 Å². The molecule has 0 radical (unpaired) electrons. The molecule has 0 unspecified atom stereocenters. The zero-order valence-electron chi connectivity index (χ0n) is 7.82. The largest absolute Gasteiger partial charge is 0.324 e. The zero-order valence-corrected chi connectivity index (χ0v) is 7.82. The monoisotopic (exact) mass is 180 g/mol. The van der Waals surface area contributed by atoms with Crippen molar-refractivity contribution in [2.24, 2.45) is 5.73 Å². The van der Waals surface area contributed by atoms with Crippen LogP contribution in [0.2, 0.25) is 0 Å². The molecule has 13 heavy (non-hydrogen) atoms. The van der Waals surface area contributed by atoms with Crippen molar-refractivity contribution in [1.82, 2.24) is 14.8 Å². The predicted molar refractivity (Wildman–Crippen MR) is 50.0 cm³/mol. The van der Waals surface area contributed by atoms with Crippen LogP contribution in [0.25, 0.3) is 0 Å². The first-order valence-corrected chi connectivity index (χ1v) is 4.90. The van der Waals surface area contributed by atoms with Gasteiger partial charge < -0.3 is 10.3 Å². The maximum atomic E-state index is 6.27. The Morgan fingerprint density at radius 1 is 1.15 bits per heavy atom. The predicted octanol–water partition coefficient (Wildman–Crippen LogP) is 0.940. The molecule has 1 heterocycles. The SMILES string of the molecule is NC1(Cn2cnnc2)CCCCC1. The molecule has 1 aromatic rings. The van der Waals surface area contributed by atoms with Crippen LogP contribution in [0.1, 0.15) is 32.1 Å². The first-order chi connectivity index (χ1) is 6.29. The van der Waals surface area contributed by atoms with Crippen LogP contribution in [0, 0.1) is 0 Å². The normalized spacial score (nSPS) is 21.6. The third-order valence-corrected chi connectivity index (χ3v) is 2.81. The molecule has 72 valence electrons. The summed E-state index contributed by atoms with van der Waals surface area (Å²) in [5.74, 6) is 0. The van der Waals surface area contributed by atoms with Crippen molar-refractivity contribution in [3.05, 3.63) is 12.7 Å². The number of aromatic nitrogens is 3. The average molecular weight is 180 g/mol. The minimum atomic E-state index is -0.0133. The van der Waals surface area contributed by atoms with Gasteiger partial charge in [0.25, 0.3) is 0 Å². The van der Waals surface area contributed by atoms with Crippen LogP contribution in [0.4, 0.5) is 0 Å². The molecular weight excluding hydrogens is 164 g/mol. The molecule has 1 aromatic heterocycles. The van der Waals surface area contributed by atoms with Crippen LogP contribution in [-0.2, 0) is 6.54 Å². The molecule has 1 aliphatic rings. The molecule has 4 nitrogen and oxygen atoms in total. The second-order valence-corrected chi connectivity index (χ2v) is 4.06. The molecule has 2 rings (SSSR count). The maximum absolute atomic E-state index is 6.27. The molecule has 1 fully saturated rings. The molecule has 0 saturated heterocycles. The van der Waals surface area contributed by atoms with Gasteiger partial charge in [0.2, 0.25) is 0 Å². The first kappa shape index (κ1) is 8.69. The number of rotatable bonds is 2. The van der Waals surface area contributed by atoms with Crippen molar-refractivity contribution in [2.75, 3.05) is 0 Å². The van der Waals surface area contributed by atoms with Gasteiger partial charge in [-0.15, -0.1) is 10.2 Å². The van der Waals surface area contributed by atoms with Crippen LogP contribution in [0.5, 0.6) is 0 Å². The molecule has 1 saturated carbocycles. The highest BCUT2D eigenvalue weighted by Crippen LogP contribution is 2.26. The number of hydrogen-bond donors (Lipinski definition) is 1. The Labute approximate surface area is 78.1 Å². The summed E-state index contributed by atoms with van der Waals surface area (Å²) in [4.78, 5) is 0. The van der Waals surface area contributed by atoms with Gasteiger partial charge in [-0.2, -0.15) is 0 Å². The highest BCUT2D eigenvalue weighted by molar-refractivity contribution is 4.87. The van der Waals surface area contributed by atoms with E-state index < -0.39 is 0 Å². The third-order valence-electron chi connectivity index (χ3n) is 2.81. The summed E-state index contributed by atoms with van der Waals surface area (Å²) in [6.07, 6.45) is 9.60. The van der Waals surface area contributed by atoms with Crippen molar-refractivity contribution in [2.45, 2.75) is 44.2 Å². The molecule has 0 bridgehead atoms. The Kier molecular flexibility index (Phi) is 2.31. The molecule has 0 atom stereocenters. The molecule has 0 aliphatic heterocycles. The summed E-state index contributed by atoms with van der Waals surface area (Å²) in [5, 5.41) is 7.55. The van der Waals surface area contributed by atoms with E-state index in [-0.39, 0.29) is 5.54 Å². The highest BCUT2D eigenvalue weighted by atomic mass is 15.2. The standard InChI is InChI=1S/C9H16N4/c10-9(4-2-1-3-5-9)6-13-7-11-12-8-13/h7-8H,1-6,10H2. The van der Waals surface area contributed by atoms with Crippen molar-refractivity contribution in [3.63, 3.8) is 0 Å². The minimum Gasteiger partial charge on any atom is -0.324 e. The van der Waals surface area contributed by atoms with E-state index in [2.05, 4.69) is 10.2 Å². The van der Waals surface area contributed by atoms with Crippen molar-refractivity contribution < 1.29 is 0 Å². The van der Waals surface area contributed by atoms with E-state index in [1.807, 2.05) is 4.57 Å². The van der Waals surface area contributed by atoms with Crippen molar-refractivity contribution in [3.8, 4) is 0 Å². The van der Waals surface area contributed by atoms with Crippen LogP contribution in [-0.4, -0.2) is 20.3 Å². The lowest BCUT2D eigenvalue weighted by Gasteiger charge is -2.33. The summed E-state index contributed by atoms with van der Waals surface area (Å²) < 4.78 is 1.98. The van der Waals surface area contributed by atoms with Crippen molar-refractivity contribution >= 4 is 0 Å². The van der Waals surface area contributed by atoms with E-state index in [0.29, 0.717) is 0 Å². The van der Waals surface area contributed by atoms with Gasteiger partial charge in [-0.1, -0.05) is 19.3 Å².